The Morgan fingerprint density at radius 2 is 1.74 bits per heavy atom. The van der Waals surface area contributed by atoms with E-state index in [0.717, 1.165) is 58.0 Å². The van der Waals surface area contributed by atoms with Crippen molar-refractivity contribution in [1.82, 2.24) is 25.1 Å². The first-order chi connectivity index (χ1) is 16.7. The maximum atomic E-state index is 13.2. The monoisotopic (exact) mass is 489 g/mol. The van der Waals surface area contributed by atoms with E-state index in [4.69, 9.17) is 4.74 Å². The maximum Gasteiger partial charge on any atom is 0.410 e. The molecule has 35 heavy (non-hydrogen) atoms. The molecule has 2 heterocycles. The van der Waals surface area contributed by atoms with Crippen LogP contribution in [-0.4, -0.2) is 101 Å². The summed E-state index contributed by atoms with van der Waals surface area (Å²) in [6.45, 7) is 8.51. The van der Waals surface area contributed by atoms with Crippen LogP contribution in [-0.2, 0) is 14.3 Å². The molecule has 5 rings (SSSR count). The zero-order chi connectivity index (χ0) is 24.9. The molecule has 196 valence electrons. The first-order valence-corrected chi connectivity index (χ1v) is 13.8. The van der Waals surface area contributed by atoms with Crippen molar-refractivity contribution in [2.75, 3.05) is 33.2 Å². The zero-order valence-electron chi connectivity index (χ0n) is 21.8. The van der Waals surface area contributed by atoms with Crippen molar-refractivity contribution in [2.45, 2.75) is 96.0 Å². The first-order valence-electron chi connectivity index (χ1n) is 13.8. The van der Waals surface area contributed by atoms with E-state index < -0.39 is 0 Å². The topological polar surface area (TPSA) is 85.4 Å². The Hall–Kier alpha value is -1.87. The Morgan fingerprint density at radius 3 is 2.40 bits per heavy atom. The van der Waals surface area contributed by atoms with Gasteiger partial charge in [0.15, 0.2) is 0 Å². The number of ether oxygens (including phenoxy) is 1. The maximum absolute atomic E-state index is 13.2. The summed E-state index contributed by atoms with van der Waals surface area (Å²) < 4.78 is 5.63. The van der Waals surface area contributed by atoms with Crippen LogP contribution in [0.3, 0.4) is 0 Å². The number of fused-ring (bicyclic) bond motifs is 1. The third-order valence-electron chi connectivity index (χ3n) is 8.78. The second-order valence-corrected chi connectivity index (χ2v) is 11.9. The van der Waals surface area contributed by atoms with Crippen molar-refractivity contribution in [3.05, 3.63) is 0 Å². The number of nitrogens with zero attached hydrogens (tertiary/aromatic N) is 4. The van der Waals surface area contributed by atoms with Crippen LogP contribution in [0.5, 0.6) is 0 Å². The average Bonchev–Trinajstić information content (AvgIpc) is 3.74. The molecule has 1 N–H and O–H groups in total. The molecule has 3 aliphatic carbocycles. The summed E-state index contributed by atoms with van der Waals surface area (Å²) in [5, 5.41) is 2.08. The average molecular weight is 490 g/mol. The van der Waals surface area contributed by atoms with Gasteiger partial charge in [0, 0.05) is 44.7 Å². The lowest BCUT2D eigenvalue weighted by molar-refractivity contribution is -0.146. The molecule has 0 aromatic carbocycles. The van der Waals surface area contributed by atoms with Crippen LogP contribution in [0.15, 0.2) is 0 Å². The third-order valence-corrected chi connectivity index (χ3v) is 8.78. The largest absolute Gasteiger partial charge is 0.447 e. The number of hydrogen-bond donors (Lipinski definition) is 1. The molecular weight excluding hydrogens is 446 g/mol. The molecule has 0 aromatic heterocycles. The molecular formula is C26H43N5O4. The van der Waals surface area contributed by atoms with E-state index in [1.807, 2.05) is 30.7 Å². The van der Waals surface area contributed by atoms with Gasteiger partial charge < -0.3 is 19.4 Å². The molecule has 4 unspecified atom stereocenters. The van der Waals surface area contributed by atoms with Crippen molar-refractivity contribution < 1.29 is 19.1 Å². The van der Waals surface area contributed by atoms with E-state index in [1.54, 1.807) is 0 Å². The highest BCUT2D eigenvalue weighted by molar-refractivity contribution is 5.82. The number of piperazine rings is 1. The van der Waals surface area contributed by atoms with Gasteiger partial charge in [-0.3, -0.25) is 15.0 Å². The number of hydrogen-bond acceptors (Lipinski definition) is 6. The van der Waals surface area contributed by atoms with Crippen LogP contribution >= 0.6 is 0 Å². The summed E-state index contributed by atoms with van der Waals surface area (Å²) in [6, 6.07) is 0.513. The lowest BCUT2D eigenvalue weighted by Crippen LogP contribution is -2.67. The van der Waals surface area contributed by atoms with Crippen molar-refractivity contribution in [3.63, 3.8) is 0 Å². The highest BCUT2D eigenvalue weighted by Crippen LogP contribution is 2.42. The second-order valence-electron chi connectivity index (χ2n) is 11.9. The quantitative estimate of drug-likeness (QED) is 0.615. The zero-order valence-corrected chi connectivity index (χ0v) is 21.8. The van der Waals surface area contributed by atoms with Gasteiger partial charge in [0.2, 0.25) is 11.8 Å². The van der Waals surface area contributed by atoms with Crippen LogP contribution in [0.25, 0.3) is 0 Å². The first kappa shape index (κ1) is 24.8. The van der Waals surface area contributed by atoms with Crippen molar-refractivity contribution in [3.8, 4) is 0 Å². The Labute approximate surface area is 209 Å². The summed E-state index contributed by atoms with van der Waals surface area (Å²) in [4.78, 5) is 44.8. The fourth-order valence-corrected chi connectivity index (χ4v) is 6.52. The highest BCUT2D eigenvalue weighted by Gasteiger charge is 2.51. The number of likely N-dealkylation sites (N-methyl/N-ethyl adjacent to an activating group) is 1. The molecule has 9 nitrogen and oxygen atoms in total. The van der Waals surface area contributed by atoms with E-state index in [9.17, 15) is 14.4 Å². The molecule has 0 radical (unpaired) electrons. The molecule has 5 atom stereocenters. The summed E-state index contributed by atoms with van der Waals surface area (Å²) in [6.07, 6.45) is 6.68. The summed E-state index contributed by atoms with van der Waals surface area (Å²) >= 11 is 0. The number of rotatable bonds is 6. The van der Waals surface area contributed by atoms with Gasteiger partial charge in [-0.05, 0) is 77.6 Å². The van der Waals surface area contributed by atoms with Crippen LogP contribution in [0.1, 0.15) is 65.7 Å². The van der Waals surface area contributed by atoms with Crippen molar-refractivity contribution in [1.29, 1.82) is 0 Å². The molecule has 2 aliphatic heterocycles. The molecule has 0 spiro atoms. The van der Waals surface area contributed by atoms with E-state index >= 15 is 0 Å². The van der Waals surface area contributed by atoms with Crippen molar-refractivity contribution in [2.24, 2.45) is 17.8 Å². The van der Waals surface area contributed by atoms with Crippen LogP contribution in [0, 0.1) is 17.8 Å². The predicted octanol–water partition coefficient (Wildman–Crippen LogP) is 2.07. The Morgan fingerprint density at radius 1 is 1.00 bits per heavy atom. The molecule has 0 aromatic rings. The lowest BCUT2D eigenvalue weighted by Gasteiger charge is -2.54. The Kier molecular flexibility index (Phi) is 7.00. The van der Waals surface area contributed by atoms with Gasteiger partial charge in [-0.2, -0.15) is 0 Å². The molecule has 5 aliphatic rings. The minimum absolute atomic E-state index is 0.00409. The number of nitrogens with one attached hydrogen (secondary N) is 1. The minimum atomic E-state index is -0.249. The van der Waals surface area contributed by atoms with E-state index in [1.165, 1.54) is 0 Å². The molecule has 9 heteroatoms. The van der Waals surface area contributed by atoms with Gasteiger partial charge in [0.25, 0.3) is 0 Å². The molecule has 3 amide bonds. The van der Waals surface area contributed by atoms with Gasteiger partial charge in [0.1, 0.15) is 0 Å². The van der Waals surface area contributed by atoms with Gasteiger partial charge >= 0.3 is 6.09 Å². The van der Waals surface area contributed by atoms with Crippen LogP contribution in [0.2, 0.25) is 0 Å². The minimum Gasteiger partial charge on any atom is -0.447 e. The van der Waals surface area contributed by atoms with Gasteiger partial charge in [-0.1, -0.05) is 0 Å². The van der Waals surface area contributed by atoms with Crippen molar-refractivity contribution >= 4 is 17.9 Å². The second kappa shape index (κ2) is 9.88. The van der Waals surface area contributed by atoms with E-state index in [-0.39, 0.29) is 48.1 Å². The standard InChI is InChI=1S/C26H43N5O4/c1-16(2)35-26(34)30-13-17(3)31(25(33)18-5-6-18)22-10-7-19(11-23(22)30)20-12-27-29(14-20)15-24(32)28(4)21-8-9-21/h16-23,27H,5-15H2,1-4H3/t17-,19?,20?,22?,23?/m0/s1. The number of carbonyl (C=O) groups is 3. The van der Waals surface area contributed by atoms with E-state index in [2.05, 4.69) is 22.3 Å². The van der Waals surface area contributed by atoms with Crippen LogP contribution < -0.4 is 5.43 Å². The van der Waals surface area contributed by atoms with Crippen LogP contribution in [0.4, 0.5) is 4.79 Å². The summed E-state index contributed by atoms with van der Waals surface area (Å²) in [7, 11) is 1.92. The Bertz CT molecular complexity index is 829. The smallest absolute Gasteiger partial charge is 0.410 e. The molecule has 3 saturated carbocycles. The molecule has 2 saturated heterocycles. The summed E-state index contributed by atoms with van der Waals surface area (Å²) in [5.41, 5.74) is 3.45. The molecule has 0 bridgehead atoms. The molecule has 5 fully saturated rings. The Balaban J connectivity index is 1.25. The predicted molar refractivity (Wildman–Crippen MR) is 131 cm³/mol. The normalized spacial score (nSPS) is 33.6. The van der Waals surface area contributed by atoms with E-state index in [0.29, 0.717) is 31.0 Å². The third kappa shape index (κ3) is 5.31. The SMILES string of the molecule is CC(C)OC(=O)N1C[C@H](C)N(C(=O)C2CC2)C2CCC(C3CNN(CC(=O)N(C)C4CC4)C3)CC21. The number of amides is 3. The number of carbonyl (C=O) groups excluding carboxylic acids is 3. The van der Waals surface area contributed by atoms with Gasteiger partial charge in [0.05, 0.1) is 24.7 Å². The highest BCUT2D eigenvalue weighted by atomic mass is 16.6. The fraction of sp³-hybridized carbons (Fsp3) is 0.885. The fourth-order valence-electron chi connectivity index (χ4n) is 6.52. The number of hydrazine groups is 1. The van der Waals surface area contributed by atoms with Gasteiger partial charge in [-0.15, -0.1) is 0 Å². The van der Waals surface area contributed by atoms with Gasteiger partial charge in [-0.25, -0.2) is 9.80 Å². The summed E-state index contributed by atoms with van der Waals surface area (Å²) in [5.74, 6) is 1.54. The lowest BCUT2D eigenvalue weighted by atomic mass is 9.73.